The standard InChI is InChI=1S/C59H36N4OS/c1-2-15-36(16-3-1)57-60-58(62-59(61-57)47-24-12-23-44-42-21-9-11-27-53(42)65-56(44)47)45-31-29-39(63-50-25-10-8-20-41(50)49-32-37-17-4-5-18-38(37)33-51(49)63)34-48(45)43-22-13-26-52-54(43)46-30-28-35-14-6-7-19-40(35)55(46)64-52/h1-34,57H,(H,60,61,62). The van der Waals surface area contributed by atoms with Gasteiger partial charge in [0.15, 0.2) is 5.84 Å². The largest absolute Gasteiger partial charge is 0.455 e. The number of rotatable bonds is 5. The minimum absolute atomic E-state index is 0.376. The topological polar surface area (TPSA) is 54.8 Å². The van der Waals surface area contributed by atoms with Gasteiger partial charge < -0.3 is 14.3 Å². The van der Waals surface area contributed by atoms with Crippen LogP contribution in [0.15, 0.2) is 221 Å². The number of nitrogens with zero attached hydrogens (tertiary/aromatic N) is 3. The van der Waals surface area contributed by atoms with E-state index >= 15 is 0 Å². The van der Waals surface area contributed by atoms with Gasteiger partial charge in [-0.1, -0.05) is 146 Å². The Morgan fingerprint density at radius 3 is 2.09 bits per heavy atom. The van der Waals surface area contributed by atoms with E-state index in [1.165, 1.54) is 41.7 Å². The molecule has 0 bridgehead atoms. The average molecular weight is 849 g/mol. The Labute approximate surface area is 376 Å². The molecule has 0 amide bonds. The lowest BCUT2D eigenvalue weighted by molar-refractivity contribution is 0.672. The van der Waals surface area contributed by atoms with Gasteiger partial charge in [0.1, 0.15) is 23.2 Å². The molecule has 0 aliphatic carbocycles. The van der Waals surface area contributed by atoms with Gasteiger partial charge in [0.2, 0.25) is 0 Å². The van der Waals surface area contributed by atoms with Gasteiger partial charge in [0, 0.05) is 63.9 Å². The van der Waals surface area contributed by atoms with E-state index in [0.29, 0.717) is 5.84 Å². The third-order valence-electron chi connectivity index (χ3n) is 13.2. The lowest BCUT2D eigenvalue weighted by Gasteiger charge is -2.25. The Kier molecular flexibility index (Phi) is 7.85. The molecule has 14 rings (SSSR count). The molecule has 0 saturated carbocycles. The highest BCUT2D eigenvalue weighted by Crippen LogP contribution is 2.43. The first-order chi connectivity index (χ1) is 32.2. The van der Waals surface area contributed by atoms with E-state index in [9.17, 15) is 0 Å². The zero-order valence-corrected chi connectivity index (χ0v) is 35.7. The van der Waals surface area contributed by atoms with Crippen molar-refractivity contribution < 1.29 is 4.42 Å². The Balaban J connectivity index is 1.06. The number of furan rings is 1. The number of benzene rings is 10. The molecule has 0 fully saturated rings. The van der Waals surface area contributed by atoms with Crippen molar-refractivity contribution in [3.8, 4) is 16.8 Å². The van der Waals surface area contributed by atoms with E-state index in [-0.39, 0.29) is 6.17 Å². The van der Waals surface area contributed by atoms with E-state index in [1.807, 2.05) is 11.3 Å². The van der Waals surface area contributed by atoms with Crippen LogP contribution in [0.2, 0.25) is 0 Å². The molecule has 1 atom stereocenters. The molecule has 13 aromatic rings. The van der Waals surface area contributed by atoms with Crippen molar-refractivity contribution in [3.05, 3.63) is 223 Å². The predicted molar refractivity (Wildman–Crippen MR) is 273 cm³/mol. The number of thiophene rings is 1. The van der Waals surface area contributed by atoms with E-state index in [4.69, 9.17) is 14.4 Å². The fraction of sp³-hybridized carbons (Fsp3) is 0.0169. The first-order valence-electron chi connectivity index (χ1n) is 22.0. The van der Waals surface area contributed by atoms with Crippen LogP contribution in [0.3, 0.4) is 0 Å². The van der Waals surface area contributed by atoms with E-state index in [2.05, 4.69) is 216 Å². The number of hydrogen-bond acceptors (Lipinski definition) is 5. The van der Waals surface area contributed by atoms with Gasteiger partial charge in [0.25, 0.3) is 0 Å². The summed E-state index contributed by atoms with van der Waals surface area (Å²) >= 11 is 1.81. The molecule has 1 unspecified atom stereocenters. The molecule has 5 nitrogen and oxygen atoms in total. The first-order valence-corrected chi connectivity index (χ1v) is 22.8. The maximum Gasteiger partial charge on any atom is 0.160 e. The van der Waals surface area contributed by atoms with Crippen LogP contribution >= 0.6 is 11.3 Å². The second-order valence-corrected chi connectivity index (χ2v) is 17.9. The number of fused-ring (bicyclic) bond motifs is 12. The van der Waals surface area contributed by atoms with Gasteiger partial charge in [-0.25, -0.2) is 9.98 Å². The number of aliphatic imine (C=N–C) groups is 2. The Bertz CT molecular complexity index is 4170. The summed E-state index contributed by atoms with van der Waals surface area (Å²) in [6.07, 6.45) is -0.376. The monoisotopic (exact) mass is 848 g/mol. The van der Waals surface area contributed by atoms with Gasteiger partial charge in [-0.15, -0.1) is 11.3 Å². The van der Waals surface area contributed by atoms with Crippen molar-refractivity contribution in [2.45, 2.75) is 6.17 Å². The molecular weight excluding hydrogens is 813 g/mol. The molecule has 0 spiro atoms. The van der Waals surface area contributed by atoms with Gasteiger partial charge in [-0.3, -0.25) is 0 Å². The molecule has 3 aromatic heterocycles. The van der Waals surface area contributed by atoms with Crippen LogP contribution in [0.25, 0.3) is 102 Å². The first kappa shape index (κ1) is 36.2. The summed E-state index contributed by atoms with van der Waals surface area (Å²) < 4.78 is 11.7. The minimum Gasteiger partial charge on any atom is -0.455 e. The fourth-order valence-electron chi connectivity index (χ4n) is 10.2. The summed E-state index contributed by atoms with van der Waals surface area (Å²) in [5, 5.41) is 15.5. The van der Waals surface area contributed by atoms with Crippen LogP contribution in [-0.2, 0) is 0 Å². The smallest absolute Gasteiger partial charge is 0.160 e. The number of amidine groups is 2. The molecule has 4 heterocycles. The number of para-hydroxylation sites is 1. The molecule has 1 aliphatic rings. The van der Waals surface area contributed by atoms with E-state index in [0.717, 1.165) is 83.1 Å². The summed E-state index contributed by atoms with van der Waals surface area (Å²) in [4.78, 5) is 11.0. The summed E-state index contributed by atoms with van der Waals surface area (Å²) in [5.41, 5.74) is 10.2. The summed E-state index contributed by atoms with van der Waals surface area (Å²) in [6, 6.07) is 73.9. The van der Waals surface area contributed by atoms with Crippen LogP contribution in [-0.4, -0.2) is 16.2 Å². The summed E-state index contributed by atoms with van der Waals surface area (Å²) in [7, 11) is 0. The molecule has 10 aromatic carbocycles. The van der Waals surface area contributed by atoms with Crippen LogP contribution in [0.4, 0.5) is 0 Å². The molecule has 0 saturated heterocycles. The third kappa shape index (κ3) is 5.57. The van der Waals surface area contributed by atoms with Crippen molar-refractivity contribution in [1.29, 1.82) is 0 Å². The average Bonchev–Trinajstić information content (AvgIpc) is 4.05. The second kappa shape index (κ2) is 14.1. The zero-order chi connectivity index (χ0) is 42.6. The Hall–Kier alpha value is -8.32. The summed E-state index contributed by atoms with van der Waals surface area (Å²) in [6.45, 7) is 0. The van der Waals surface area contributed by atoms with Crippen molar-refractivity contribution in [1.82, 2.24) is 9.88 Å². The third-order valence-corrected chi connectivity index (χ3v) is 14.5. The lowest BCUT2D eigenvalue weighted by atomic mass is 9.93. The van der Waals surface area contributed by atoms with E-state index in [1.54, 1.807) is 0 Å². The second-order valence-electron chi connectivity index (χ2n) is 16.9. The quantitative estimate of drug-likeness (QED) is 0.188. The fourth-order valence-corrected chi connectivity index (χ4v) is 11.5. The van der Waals surface area contributed by atoms with Crippen molar-refractivity contribution >= 4 is 108 Å². The molecular formula is C59H36N4OS. The lowest BCUT2D eigenvalue weighted by Crippen LogP contribution is -2.33. The Morgan fingerprint density at radius 2 is 1.20 bits per heavy atom. The summed E-state index contributed by atoms with van der Waals surface area (Å²) in [5.74, 6) is 1.46. The minimum atomic E-state index is -0.376. The van der Waals surface area contributed by atoms with Crippen molar-refractivity contribution in [2.75, 3.05) is 0 Å². The molecule has 6 heteroatoms. The van der Waals surface area contributed by atoms with Gasteiger partial charge in [0.05, 0.1) is 11.0 Å². The van der Waals surface area contributed by atoms with Gasteiger partial charge >= 0.3 is 0 Å². The number of nitrogens with one attached hydrogen (secondary N) is 1. The predicted octanol–water partition coefficient (Wildman–Crippen LogP) is 15.5. The van der Waals surface area contributed by atoms with Crippen LogP contribution in [0.1, 0.15) is 22.9 Å². The highest BCUT2D eigenvalue weighted by molar-refractivity contribution is 7.26. The molecule has 1 N–H and O–H groups in total. The number of hydrogen-bond donors (Lipinski definition) is 1. The van der Waals surface area contributed by atoms with E-state index < -0.39 is 0 Å². The number of aromatic nitrogens is 1. The maximum absolute atomic E-state index is 6.82. The molecule has 65 heavy (non-hydrogen) atoms. The van der Waals surface area contributed by atoms with Crippen molar-refractivity contribution in [2.24, 2.45) is 9.98 Å². The highest BCUT2D eigenvalue weighted by Gasteiger charge is 2.27. The highest BCUT2D eigenvalue weighted by atomic mass is 32.1. The molecule has 1 aliphatic heterocycles. The van der Waals surface area contributed by atoms with Gasteiger partial charge in [-0.05, 0) is 93.5 Å². The van der Waals surface area contributed by atoms with Crippen LogP contribution in [0.5, 0.6) is 0 Å². The zero-order valence-electron chi connectivity index (χ0n) is 34.9. The maximum atomic E-state index is 6.82. The SMILES string of the molecule is c1ccc(C2N=C(c3ccc(-n4c5ccccc5c5cc6ccccc6cc54)cc3-c3cccc4oc5c6ccccc6ccc5c34)N=C(c3cccc4c3sc3ccccc34)N2)cc1. The van der Waals surface area contributed by atoms with Crippen LogP contribution < -0.4 is 5.32 Å². The Morgan fingerprint density at radius 1 is 0.477 bits per heavy atom. The van der Waals surface area contributed by atoms with Crippen molar-refractivity contribution in [3.63, 3.8) is 0 Å². The van der Waals surface area contributed by atoms with Gasteiger partial charge in [-0.2, -0.15) is 0 Å². The molecule has 304 valence electrons. The molecule has 0 radical (unpaired) electrons. The van der Waals surface area contributed by atoms with Crippen LogP contribution in [0, 0.1) is 0 Å². The normalized spacial score (nSPS) is 14.3.